The maximum Gasteiger partial charge on any atom is 0.330 e. The van der Waals surface area contributed by atoms with E-state index >= 15 is 0 Å². The van der Waals surface area contributed by atoms with Crippen LogP contribution in [0.4, 0.5) is 11.4 Å². The monoisotopic (exact) mass is 296 g/mol. The highest BCUT2D eigenvalue weighted by Crippen LogP contribution is 2.30. The van der Waals surface area contributed by atoms with E-state index in [1.165, 1.54) is 26.4 Å². The highest BCUT2D eigenvalue weighted by Gasteiger charge is 2.31. The van der Waals surface area contributed by atoms with E-state index in [0.29, 0.717) is 24.6 Å². The number of morpholine rings is 1. The van der Waals surface area contributed by atoms with E-state index < -0.39 is 16.9 Å². The molecule has 2 rings (SSSR count). The van der Waals surface area contributed by atoms with Gasteiger partial charge < -0.3 is 19.1 Å². The van der Waals surface area contributed by atoms with E-state index in [4.69, 9.17) is 14.2 Å². The van der Waals surface area contributed by atoms with E-state index in [0.717, 1.165) is 0 Å². The highest BCUT2D eigenvalue weighted by atomic mass is 16.6. The molecule has 21 heavy (non-hydrogen) atoms. The van der Waals surface area contributed by atoms with E-state index in [-0.39, 0.29) is 12.3 Å². The molecule has 0 aliphatic carbocycles. The zero-order valence-electron chi connectivity index (χ0n) is 11.8. The summed E-state index contributed by atoms with van der Waals surface area (Å²) in [6, 6.07) is 3.75. The molecule has 1 atom stereocenters. The van der Waals surface area contributed by atoms with Gasteiger partial charge in [0, 0.05) is 24.4 Å². The Bertz CT molecular complexity index is 547. The molecule has 0 N–H and O–H groups in total. The first-order valence-electron chi connectivity index (χ1n) is 6.32. The minimum atomic E-state index is -0.629. The average molecular weight is 296 g/mol. The molecule has 1 saturated heterocycles. The molecule has 0 aromatic heterocycles. The molecule has 1 aliphatic heterocycles. The van der Waals surface area contributed by atoms with Gasteiger partial charge >= 0.3 is 5.97 Å². The fraction of sp³-hybridized carbons (Fsp3) is 0.462. The zero-order chi connectivity index (χ0) is 15.4. The lowest BCUT2D eigenvalue weighted by atomic mass is 10.1. The fourth-order valence-corrected chi connectivity index (χ4v) is 2.20. The lowest BCUT2D eigenvalue weighted by Crippen LogP contribution is -2.50. The van der Waals surface area contributed by atoms with Crippen LogP contribution in [0.2, 0.25) is 0 Å². The summed E-state index contributed by atoms with van der Waals surface area (Å²) in [6.07, 6.45) is 0. The molecule has 0 spiro atoms. The van der Waals surface area contributed by atoms with Crippen LogP contribution in [0.1, 0.15) is 0 Å². The fourth-order valence-electron chi connectivity index (χ4n) is 2.20. The predicted molar refractivity (Wildman–Crippen MR) is 73.6 cm³/mol. The third-order valence-corrected chi connectivity index (χ3v) is 3.26. The van der Waals surface area contributed by atoms with Crippen LogP contribution in [0.3, 0.4) is 0 Å². The molecule has 1 heterocycles. The SMILES string of the molecule is COC(=O)C1COCCN1c1cc(OC)cc([N+](=O)[O-])c1. The maximum atomic E-state index is 11.8. The Balaban J connectivity index is 2.39. The van der Waals surface area contributed by atoms with Gasteiger partial charge in [0.1, 0.15) is 5.75 Å². The van der Waals surface area contributed by atoms with Crippen LogP contribution in [0.25, 0.3) is 0 Å². The molecule has 0 bridgehead atoms. The minimum Gasteiger partial charge on any atom is -0.496 e. The number of ether oxygens (including phenoxy) is 3. The van der Waals surface area contributed by atoms with Crippen LogP contribution in [0.15, 0.2) is 18.2 Å². The van der Waals surface area contributed by atoms with Gasteiger partial charge in [-0.3, -0.25) is 10.1 Å². The number of rotatable bonds is 4. The van der Waals surface area contributed by atoms with Gasteiger partial charge in [0.2, 0.25) is 0 Å². The molecule has 1 aliphatic rings. The van der Waals surface area contributed by atoms with Crippen LogP contribution >= 0.6 is 0 Å². The third-order valence-electron chi connectivity index (χ3n) is 3.26. The van der Waals surface area contributed by atoms with Gasteiger partial charge in [0.15, 0.2) is 6.04 Å². The van der Waals surface area contributed by atoms with E-state index in [9.17, 15) is 14.9 Å². The second-order valence-corrected chi connectivity index (χ2v) is 4.45. The van der Waals surface area contributed by atoms with Crippen LogP contribution in [0.5, 0.6) is 5.75 Å². The van der Waals surface area contributed by atoms with Gasteiger partial charge in [-0.25, -0.2) is 4.79 Å². The topological polar surface area (TPSA) is 91.1 Å². The van der Waals surface area contributed by atoms with Gasteiger partial charge in [-0.15, -0.1) is 0 Å². The highest BCUT2D eigenvalue weighted by molar-refractivity contribution is 5.81. The third kappa shape index (κ3) is 3.22. The van der Waals surface area contributed by atoms with Crippen molar-refractivity contribution in [3.05, 3.63) is 28.3 Å². The van der Waals surface area contributed by atoms with Crippen LogP contribution in [-0.4, -0.2) is 50.9 Å². The average Bonchev–Trinajstić information content (AvgIpc) is 2.53. The molecule has 1 aromatic carbocycles. The molecule has 114 valence electrons. The minimum absolute atomic E-state index is 0.0977. The number of carbonyl (C=O) groups is 1. The summed E-state index contributed by atoms with van der Waals surface area (Å²) in [5.41, 5.74) is 0.430. The number of hydrogen-bond acceptors (Lipinski definition) is 7. The molecule has 0 radical (unpaired) electrons. The van der Waals surface area contributed by atoms with Crippen molar-refractivity contribution in [1.82, 2.24) is 0 Å². The Hall–Kier alpha value is -2.35. The second kappa shape index (κ2) is 6.40. The summed E-state index contributed by atoms with van der Waals surface area (Å²) in [7, 11) is 2.73. The van der Waals surface area contributed by atoms with Crippen molar-refractivity contribution in [3.63, 3.8) is 0 Å². The van der Waals surface area contributed by atoms with Gasteiger partial charge in [-0.05, 0) is 0 Å². The molecule has 8 heteroatoms. The van der Waals surface area contributed by atoms with E-state index in [1.54, 1.807) is 11.0 Å². The summed E-state index contributed by atoms with van der Waals surface area (Å²) < 4.78 is 15.1. The molecule has 8 nitrogen and oxygen atoms in total. The number of anilines is 1. The number of hydrogen-bond donors (Lipinski definition) is 0. The predicted octanol–water partition coefficient (Wildman–Crippen LogP) is 0.982. The number of esters is 1. The van der Waals surface area contributed by atoms with Crippen molar-refractivity contribution in [2.45, 2.75) is 6.04 Å². The van der Waals surface area contributed by atoms with Crippen molar-refractivity contribution in [3.8, 4) is 5.75 Å². The number of non-ortho nitro benzene ring substituents is 1. The summed E-state index contributed by atoms with van der Waals surface area (Å²) in [6.45, 7) is 1.04. The van der Waals surface area contributed by atoms with Gasteiger partial charge in [0.05, 0.1) is 38.4 Å². The zero-order valence-corrected chi connectivity index (χ0v) is 11.8. The van der Waals surface area contributed by atoms with Crippen molar-refractivity contribution >= 4 is 17.3 Å². The first kappa shape index (κ1) is 15.0. The molecule has 1 fully saturated rings. The first-order chi connectivity index (χ1) is 10.1. The van der Waals surface area contributed by atoms with Crippen molar-refractivity contribution in [2.75, 3.05) is 38.9 Å². The number of nitro benzene ring substituents is 1. The Morgan fingerprint density at radius 1 is 1.43 bits per heavy atom. The number of nitrogens with zero attached hydrogens (tertiary/aromatic N) is 2. The first-order valence-corrected chi connectivity index (χ1v) is 6.32. The van der Waals surface area contributed by atoms with Gasteiger partial charge in [-0.2, -0.15) is 0 Å². The van der Waals surface area contributed by atoms with E-state index in [2.05, 4.69) is 0 Å². The van der Waals surface area contributed by atoms with E-state index in [1.807, 2.05) is 0 Å². The smallest absolute Gasteiger partial charge is 0.330 e. The Morgan fingerprint density at radius 3 is 2.81 bits per heavy atom. The lowest BCUT2D eigenvalue weighted by Gasteiger charge is -2.35. The van der Waals surface area contributed by atoms with Crippen LogP contribution in [0, 0.1) is 10.1 Å². The van der Waals surface area contributed by atoms with Crippen molar-refractivity contribution < 1.29 is 23.9 Å². The van der Waals surface area contributed by atoms with Gasteiger partial charge in [-0.1, -0.05) is 0 Å². The van der Waals surface area contributed by atoms with Crippen molar-refractivity contribution in [2.24, 2.45) is 0 Å². The van der Waals surface area contributed by atoms with Crippen LogP contribution < -0.4 is 9.64 Å². The molecular formula is C13H16N2O6. The van der Waals surface area contributed by atoms with Crippen LogP contribution in [-0.2, 0) is 14.3 Å². The summed E-state index contributed by atoms with van der Waals surface area (Å²) >= 11 is 0. The summed E-state index contributed by atoms with van der Waals surface area (Å²) in [5, 5.41) is 11.0. The maximum absolute atomic E-state index is 11.8. The number of benzene rings is 1. The second-order valence-electron chi connectivity index (χ2n) is 4.45. The summed E-state index contributed by atoms with van der Waals surface area (Å²) in [5.74, 6) is -0.0884. The summed E-state index contributed by atoms with van der Waals surface area (Å²) in [4.78, 5) is 24.0. The Kier molecular flexibility index (Phi) is 4.59. The number of methoxy groups -OCH3 is 2. The Labute approximate surface area is 121 Å². The number of nitro groups is 1. The lowest BCUT2D eigenvalue weighted by molar-refractivity contribution is -0.384. The Morgan fingerprint density at radius 2 is 2.19 bits per heavy atom. The molecule has 0 amide bonds. The largest absolute Gasteiger partial charge is 0.496 e. The normalized spacial score (nSPS) is 18.2. The van der Waals surface area contributed by atoms with Crippen molar-refractivity contribution in [1.29, 1.82) is 0 Å². The quantitative estimate of drug-likeness (QED) is 0.464. The molecule has 1 aromatic rings. The number of carbonyl (C=O) groups excluding carboxylic acids is 1. The standard InChI is InChI=1S/C13H16N2O6/c1-19-11-6-9(5-10(7-11)15(17)18)14-3-4-21-8-12(14)13(16)20-2/h5-7,12H,3-4,8H2,1-2H3. The molecule has 1 unspecified atom stereocenters. The van der Waals surface area contributed by atoms with Gasteiger partial charge in [0.25, 0.3) is 5.69 Å². The molecular weight excluding hydrogens is 280 g/mol. The molecule has 0 saturated carbocycles.